The lowest BCUT2D eigenvalue weighted by Crippen LogP contribution is -2.14. The molecule has 0 fully saturated rings. The molecule has 4 heteroatoms. The van der Waals surface area contributed by atoms with E-state index in [1.54, 1.807) is 0 Å². The van der Waals surface area contributed by atoms with E-state index in [0.29, 0.717) is 6.42 Å². The second-order valence-corrected chi connectivity index (χ2v) is 5.25. The number of H-pyrrole nitrogens is 1. The zero-order chi connectivity index (χ0) is 12.4. The van der Waals surface area contributed by atoms with Gasteiger partial charge in [-0.05, 0) is 25.0 Å². The van der Waals surface area contributed by atoms with E-state index in [2.05, 4.69) is 4.98 Å². The molecule has 0 spiro atoms. The molecule has 1 aromatic carbocycles. The summed E-state index contributed by atoms with van der Waals surface area (Å²) in [7, 11) is 0. The first-order chi connectivity index (χ1) is 8.13. The fraction of sp³-hybridized carbons (Fsp3) is 0.308. The molecule has 1 atom stereocenters. The highest BCUT2D eigenvalue weighted by Gasteiger charge is 2.18. The Bertz CT molecular complexity index is 547. The predicted octanol–water partition coefficient (Wildman–Crippen LogP) is 3.43. The van der Waals surface area contributed by atoms with Crippen LogP contribution in [-0.2, 0) is 4.79 Å². The summed E-state index contributed by atoms with van der Waals surface area (Å²) >= 11 is 1.42. The molecule has 0 bridgehead atoms. The van der Waals surface area contributed by atoms with Gasteiger partial charge in [-0.3, -0.25) is 4.79 Å². The van der Waals surface area contributed by atoms with E-state index in [4.69, 9.17) is 5.11 Å². The Morgan fingerprint density at radius 3 is 2.94 bits per heavy atom. The summed E-state index contributed by atoms with van der Waals surface area (Å²) < 4.78 is 0. The molecule has 17 heavy (non-hydrogen) atoms. The molecule has 0 aliphatic heterocycles. The third-order valence-corrected chi connectivity index (χ3v) is 4.19. The van der Waals surface area contributed by atoms with Gasteiger partial charge in [0.25, 0.3) is 0 Å². The number of aromatic nitrogens is 1. The lowest BCUT2D eigenvalue weighted by molar-refractivity contribution is -0.136. The molecule has 1 aromatic heterocycles. The lowest BCUT2D eigenvalue weighted by atomic mass is 10.1. The second kappa shape index (κ2) is 4.84. The van der Waals surface area contributed by atoms with Gasteiger partial charge in [0.2, 0.25) is 0 Å². The van der Waals surface area contributed by atoms with Gasteiger partial charge in [-0.2, -0.15) is 0 Å². The minimum absolute atomic E-state index is 0.381. The van der Waals surface area contributed by atoms with Crippen molar-refractivity contribution in [3.63, 3.8) is 0 Å². The molecule has 2 N–H and O–H groups in total. The van der Waals surface area contributed by atoms with Crippen molar-refractivity contribution in [1.82, 2.24) is 4.98 Å². The number of nitrogens with one attached hydrogen (secondary N) is 1. The average molecular weight is 249 g/mol. The Labute approximate surface area is 104 Å². The van der Waals surface area contributed by atoms with E-state index in [1.165, 1.54) is 17.3 Å². The minimum atomic E-state index is -0.750. The lowest BCUT2D eigenvalue weighted by Gasteiger charge is -2.08. The summed E-state index contributed by atoms with van der Waals surface area (Å²) in [6.07, 6.45) is 2.52. The maximum absolute atomic E-state index is 11.0. The number of aliphatic carboxylic acids is 1. The molecule has 1 heterocycles. The molecule has 0 aliphatic rings. The van der Waals surface area contributed by atoms with E-state index in [0.717, 1.165) is 15.8 Å². The average Bonchev–Trinajstić information content (AvgIpc) is 2.70. The van der Waals surface area contributed by atoms with Crippen LogP contribution in [0.2, 0.25) is 0 Å². The fourth-order valence-electron chi connectivity index (χ4n) is 1.89. The van der Waals surface area contributed by atoms with Crippen molar-refractivity contribution in [2.75, 3.05) is 0 Å². The molecule has 0 radical (unpaired) electrons. The van der Waals surface area contributed by atoms with Crippen LogP contribution in [0.15, 0.2) is 29.3 Å². The predicted molar refractivity (Wildman–Crippen MR) is 70.6 cm³/mol. The summed E-state index contributed by atoms with van der Waals surface area (Å²) in [5.41, 5.74) is 2.24. The topological polar surface area (TPSA) is 53.1 Å². The number of carboxylic acid groups (broad SMARTS) is 1. The zero-order valence-corrected chi connectivity index (χ0v) is 10.7. The fourth-order valence-corrected chi connectivity index (χ4v) is 2.97. The van der Waals surface area contributed by atoms with Crippen LogP contribution in [0.5, 0.6) is 0 Å². The number of hydrogen-bond acceptors (Lipinski definition) is 2. The number of carbonyl (C=O) groups is 1. The van der Waals surface area contributed by atoms with Gasteiger partial charge in [0.05, 0.1) is 0 Å². The number of thioether (sulfide) groups is 1. The van der Waals surface area contributed by atoms with E-state index in [9.17, 15) is 4.79 Å². The highest BCUT2D eigenvalue weighted by Crippen LogP contribution is 2.33. The number of rotatable bonds is 4. The van der Waals surface area contributed by atoms with Crippen LogP contribution in [0.3, 0.4) is 0 Å². The molecule has 0 amide bonds. The van der Waals surface area contributed by atoms with Crippen LogP contribution in [0.4, 0.5) is 0 Å². The van der Waals surface area contributed by atoms with Gasteiger partial charge in [0.15, 0.2) is 0 Å². The molecule has 90 valence electrons. The molecular weight excluding hydrogens is 234 g/mol. The first-order valence-corrected chi connectivity index (χ1v) is 6.47. The molecule has 2 rings (SSSR count). The van der Waals surface area contributed by atoms with Gasteiger partial charge in [-0.25, -0.2) is 0 Å². The van der Waals surface area contributed by atoms with Crippen LogP contribution < -0.4 is 0 Å². The summed E-state index contributed by atoms with van der Waals surface area (Å²) in [4.78, 5) is 15.3. The number of hydrogen-bond donors (Lipinski definition) is 2. The maximum Gasteiger partial charge on any atom is 0.316 e. The number of fused-ring (bicyclic) bond motifs is 1. The largest absolute Gasteiger partial charge is 0.480 e. The molecule has 0 saturated heterocycles. The Hall–Kier alpha value is -1.42. The summed E-state index contributed by atoms with van der Waals surface area (Å²) in [6, 6.07) is 6.05. The summed E-state index contributed by atoms with van der Waals surface area (Å²) in [5.74, 6) is -0.750. The maximum atomic E-state index is 11.0. The number of carboxylic acids is 1. The number of aromatic amines is 1. The Morgan fingerprint density at radius 1 is 1.53 bits per heavy atom. The van der Waals surface area contributed by atoms with Crippen molar-refractivity contribution >= 4 is 28.6 Å². The SMILES string of the molecule is CCC(Sc1c[nH]c2cccc(C)c12)C(=O)O. The van der Waals surface area contributed by atoms with Gasteiger partial charge >= 0.3 is 5.97 Å². The highest BCUT2D eigenvalue weighted by atomic mass is 32.2. The first-order valence-electron chi connectivity index (χ1n) is 5.59. The van der Waals surface area contributed by atoms with Crippen LogP contribution in [0.25, 0.3) is 10.9 Å². The molecular formula is C13H15NO2S. The molecule has 0 aliphatic carbocycles. The summed E-state index contributed by atoms with van der Waals surface area (Å²) in [5, 5.41) is 9.84. The van der Waals surface area contributed by atoms with Gasteiger partial charge in [-0.15, -0.1) is 11.8 Å². The molecule has 2 aromatic rings. The Morgan fingerprint density at radius 2 is 2.29 bits per heavy atom. The van der Waals surface area contributed by atoms with E-state index in [-0.39, 0.29) is 5.25 Å². The molecule has 3 nitrogen and oxygen atoms in total. The zero-order valence-electron chi connectivity index (χ0n) is 9.86. The summed E-state index contributed by atoms with van der Waals surface area (Å²) in [6.45, 7) is 3.94. The Kier molecular flexibility index (Phi) is 3.43. The first kappa shape index (κ1) is 12.0. The quantitative estimate of drug-likeness (QED) is 0.816. The van der Waals surface area contributed by atoms with Crippen molar-refractivity contribution in [3.8, 4) is 0 Å². The third kappa shape index (κ3) is 2.31. The number of benzene rings is 1. The number of aryl methyl sites for hydroxylation is 1. The van der Waals surface area contributed by atoms with Crippen molar-refractivity contribution in [2.45, 2.75) is 30.4 Å². The van der Waals surface area contributed by atoms with Crippen molar-refractivity contribution in [3.05, 3.63) is 30.0 Å². The van der Waals surface area contributed by atoms with Crippen LogP contribution in [0, 0.1) is 6.92 Å². The van der Waals surface area contributed by atoms with Gasteiger partial charge in [0, 0.05) is 22.0 Å². The van der Waals surface area contributed by atoms with Gasteiger partial charge in [-0.1, -0.05) is 19.1 Å². The van der Waals surface area contributed by atoms with Crippen molar-refractivity contribution < 1.29 is 9.90 Å². The van der Waals surface area contributed by atoms with E-state index in [1.807, 2.05) is 38.2 Å². The van der Waals surface area contributed by atoms with E-state index < -0.39 is 5.97 Å². The van der Waals surface area contributed by atoms with Crippen LogP contribution in [-0.4, -0.2) is 21.3 Å². The van der Waals surface area contributed by atoms with Crippen LogP contribution >= 0.6 is 11.8 Å². The second-order valence-electron chi connectivity index (χ2n) is 4.00. The van der Waals surface area contributed by atoms with Crippen LogP contribution in [0.1, 0.15) is 18.9 Å². The minimum Gasteiger partial charge on any atom is -0.480 e. The third-order valence-electron chi connectivity index (χ3n) is 2.79. The smallest absolute Gasteiger partial charge is 0.316 e. The van der Waals surface area contributed by atoms with E-state index >= 15 is 0 Å². The normalized spacial score (nSPS) is 12.8. The van der Waals surface area contributed by atoms with Gasteiger partial charge < -0.3 is 10.1 Å². The molecule has 1 unspecified atom stereocenters. The van der Waals surface area contributed by atoms with Crippen molar-refractivity contribution in [1.29, 1.82) is 0 Å². The van der Waals surface area contributed by atoms with Gasteiger partial charge in [0.1, 0.15) is 5.25 Å². The Balaban J connectivity index is 2.39. The standard InChI is InChI=1S/C13H15NO2S/c1-3-10(13(15)16)17-11-7-14-9-6-4-5-8(2)12(9)11/h4-7,10,14H,3H2,1-2H3,(H,15,16). The van der Waals surface area contributed by atoms with Crippen molar-refractivity contribution in [2.24, 2.45) is 0 Å². The molecule has 0 saturated carbocycles. The monoisotopic (exact) mass is 249 g/mol. The highest BCUT2D eigenvalue weighted by molar-refractivity contribution is 8.00.